The normalized spacial score (nSPS) is 15.4. The molecule has 0 saturated heterocycles. The molecular weight excluding hydrogens is 178 g/mol. The molecule has 0 unspecified atom stereocenters. The maximum Gasteiger partial charge on any atom is 0.333 e. The SMILES string of the molecule is NC(=O)N1C=C(c2ccccc2)CN1. The molecule has 0 spiro atoms. The van der Waals surface area contributed by atoms with Gasteiger partial charge in [0.1, 0.15) is 0 Å². The van der Waals surface area contributed by atoms with E-state index in [4.69, 9.17) is 5.73 Å². The topological polar surface area (TPSA) is 58.4 Å². The lowest BCUT2D eigenvalue weighted by atomic mass is 10.1. The Bertz CT molecular complexity index is 372. The van der Waals surface area contributed by atoms with Crippen LogP contribution in [-0.4, -0.2) is 17.6 Å². The smallest absolute Gasteiger partial charge is 0.333 e. The highest BCUT2D eigenvalue weighted by atomic mass is 16.2. The lowest BCUT2D eigenvalue weighted by molar-refractivity contribution is 0.214. The monoisotopic (exact) mass is 189 g/mol. The van der Waals surface area contributed by atoms with Gasteiger partial charge in [-0.15, -0.1) is 0 Å². The van der Waals surface area contributed by atoms with Gasteiger partial charge in [-0.2, -0.15) is 0 Å². The van der Waals surface area contributed by atoms with Crippen molar-refractivity contribution in [3.8, 4) is 0 Å². The number of nitrogens with two attached hydrogens (primary N) is 1. The number of amides is 2. The molecular formula is C10H11N3O. The van der Waals surface area contributed by atoms with E-state index in [1.807, 2.05) is 30.3 Å². The number of urea groups is 1. The van der Waals surface area contributed by atoms with Crippen molar-refractivity contribution >= 4 is 11.6 Å². The first-order chi connectivity index (χ1) is 6.77. The summed E-state index contributed by atoms with van der Waals surface area (Å²) in [6.45, 7) is 0.632. The summed E-state index contributed by atoms with van der Waals surface area (Å²) in [4.78, 5) is 10.8. The van der Waals surface area contributed by atoms with E-state index in [-0.39, 0.29) is 0 Å². The summed E-state index contributed by atoms with van der Waals surface area (Å²) in [5.41, 5.74) is 10.1. The fourth-order valence-electron chi connectivity index (χ4n) is 1.39. The molecule has 0 saturated carbocycles. The minimum Gasteiger partial charge on any atom is -0.350 e. The van der Waals surface area contributed by atoms with Gasteiger partial charge in [-0.05, 0) is 11.1 Å². The van der Waals surface area contributed by atoms with Gasteiger partial charge in [-0.25, -0.2) is 15.2 Å². The molecule has 0 fully saturated rings. The van der Waals surface area contributed by atoms with Crippen LogP contribution in [0.15, 0.2) is 36.5 Å². The van der Waals surface area contributed by atoms with E-state index in [9.17, 15) is 4.79 Å². The van der Waals surface area contributed by atoms with Crippen molar-refractivity contribution in [1.29, 1.82) is 0 Å². The average molecular weight is 189 g/mol. The standard InChI is InChI=1S/C10H11N3O/c11-10(14)13-7-9(6-12-13)8-4-2-1-3-5-8/h1-5,7,12H,6H2,(H2,11,14). The van der Waals surface area contributed by atoms with Crippen molar-refractivity contribution < 1.29 is 4.79 Å². The van der Waals surface area contributed by atoms with Crippen LogP contribution in [0.25, 0.3) is 5.57 Å². The van der Waals surface area contributed by atoms with E-state index in [1.54, 1.807) is 6.20 Å². The predicted molar refractivity (Wildman–Crippen MR) is 53.8 cm³/mol. The lowest BCUT2D eigenvalue weighted by Gasteiger charge is -2.07. The second-order valence-corrected chi connectivity index (χ2v) is 3.06. The highest BCUT2D eigenvalue weighted by molar-refractivity contribution is 5.78. The van der Waals surface area contributed by atoms with Crippen molar-refractivity contribution in [3.05, 3.63) is 42.1 Å². The minimum atomic E-state index is -0.490. The Morgan fingerprint density at radius 1 is 1.36 bits per heavy atom. The Kier molecular flexibility index (Phi) is 2.20. The number of primary amides is 1. The molecule has 2 rings (SSSR count). The molecule has 0 aromatic heterocycles. The summed E-state index contributed by atoms with van der Waals surface area (Å²) in [5.74, 6) is 0. The van der Waals surface area contributed by atoms with Gasteiger partial charge in [-0.1, -0.05) is 30.3 Å². The fraction of sp³-hybridized carbons (Fsp3) is 0.100. The molecule has 4 heteroatoms. The van der Waals surface area contributed by atoms with E-state index in [2.05, 4.69) is 5.43 Å². The molecule has 1 aromatic carbocycles. The largest absolute Gasteiger partial charge is 0.350 e. The Morgan fingerprint density at radius 2 is 2.07 bits per heavy atom. The van der Waals surface area contributed by atoms with Gasteiger partial charge in [-0.3, -0.25) is 0 Å². The molecule has 0 atom stereocenters. The van der Waals surface area contributed by atoms with E-state index in [0.717, 1.165) is 11.1 Å². The maximum absolute atomic E-state index is 10.8. The van der Waals surface area contributed by atoms with Gasteiger partial charge < -0.3 is 5.73 Å². The molecule has 3 N–H and O–H groups in total. The molecule has 0 bridgehead atoms. The molecule has 1 heterocycles. The van der Waals surface area contributed by atoms with Crippen LogP contribution in [0.3, 0.4) is 0 Å². The number of benzene rings is 1. The van der Waals surface area contributed by atoms with Crippen LogP contribution < -0.4 is 11.2 Å². The molecule has 72 valence electrons. The Hall–Kier alpha value is -1.81. The number of nitrogens with one attached hydrogen (secondary N) is 1. The molecule has 4 nitrogen and oxygen atoms in total. The van der Waals surface area contributed by atoms with Gasteiger partial charge >= 0.3 is 6.03 Å². The number of nitrogens with zero attached hydrogens (tertiary/aromatic N) is 1. The summed E-state index contributed by atoms with van der Waals surface area (Å²) < 4.78 is 0. The molecule has 0 aliphatic carbocycles. The molecule has 1 aromatic rings. The van der Waals surface area contributed by atoms with Crippen LogP contribution in [0, 0.1) is 0 Å². The van der Waals surface area contributed by atoms with Crippen molar-refractivity contribution in [1.82, 2.24) is 10.4 Å². The lowest BCUT2D eigenvalue weighted by Crippen LogP contribution is -2.38. The first kappa shape index (κ1) is 8.77. The highest BCUT2D eigenvalue weighted by Crippen LogP contribution is 2.17. The summed E-state index contributed by atoms with van der Waals surface area (Å²) in [5, 5.41) is 1.29. The van der Waals surface area contributed by atoms with Crippen LogP contribution in [-0.2, 0) is 0 Å². The first-order valence-electron chi connectivity index (χ1n) is 4.35. The zero-order valence-electron chi connectivity index (χ0n) is 7.60. The van der Waals surface area contributed by atoms with Crippen LogP contribution in [0.4, 0.5) is 4.79 Å². The third-order valence-electron chi connectivity index (χ3n) is 2.11. The van der Waals surface area contributed by atoms with Gasteiger partial charge in [0.25, 0.3) is 0 Å². The Labute approximate surface area is 82.0 Å². The zero-order chi connectivity index (χ0) is 9.97. The van der Waals surface area contributed by atoms with Crippen molar-refractivity contribution in [2.24, 2.45) is 5.73 Å². The number of carbonyl (C=O) groups is 1. The Morgan fingerprint density at radius 3 is 2.64 bits per heavy atom. The average Bonchev–Trinajstić information content (AvgIpc) is 2.68. The van der Waals surface area contributed by atoms with Crippen molar-refractivity contribution in [3.63, 3.8) is 0 Å². The molecule has 0 radical (unpaired) electrons. The molecule has 2 amide bonds. The van der Waals surface area contributed by atoms with E-state index < -0.39 is 6.03 Å². The molecule has 1 aliphatic rings. The highest BCUT2D eigenvalue weighted by Gasteiger charge is 2.15. The van der Waals surface area contributed by atoms with Crippen LogP contribution in [0.1, 0.15) is 5.56 Å². The van der Waals surface area contributed by atoms with Gasteiger partial charge in [0.15, 0.2) is 0 Å². The summed E-state index contributed by atoms with van der Waals surface area (Å²) in [6.07, 6.45) is 1.72. The number of rotatable bonds is 1. The third kappa shape index (κ3) is 1.60. The van der Waals surface area contributed by atoms with E-state index in [0.29, 0.717) is 6.54 Å². The van der Waals surface area contributed by atoms with Crippen molar-refractivity contribution in [2.45, 2.75) is 0 Å². The van der Waals surface area contributed by atoms with Crippen LogP contribution >= 0.6 is 0 Å². The summed E-state index contributed by atoms with van der Waals surface area (Å²) in [6, 6.07) is 9.39. The number of carbonyl (C=O) groups excluding carboxylic acids is 1. The van der Waals surface area contributed by atoms with Crippen LogP contribution in [0.5, 0.6) is 0 Å². The van der Waals surface area contributed by atoms with E-state index >= 15 is 0 Å². The quantitative estimate of drug-likeness (QED) is 0.690. The minimum absolute atomic E-state index is 0.490. The van der Waals surface area contributed by atoms with Gasteiger partial charge in [0.2, 0.25) is 0 Å². The first-order valence-corrected chi connectivity index (χ1v) is 4.35. The summed E-state index contributed by atoms with van der Waals surface area (Å²) >= 11 is 0. The van der Waals surface area contributed by atoms with Gasteiger partial charge in [0, 0.05) is 12.7 Å². The van der Waals surface area contributed by atoms with Crippen molar-refractivity contribution in [2.75, 3.05) is 6.54 Å². The predicted octanol–water partition coefficient (Wildman–Crippen LogP) is 0.926. The summed E-state index contributed by atoms with van der Waals surface area (Å²) in [7, 11) is 0. The second kappa shape index (κ2) is 3.51. The number of hydrazine groups is 1. The van der Waals surface area contributed by atoms with E-state index in [1.165, 1.54) is 5.01 Å². The fourth-order valence-corrected chi connectivity index (χ4v) is 1.39. The Balaban J connectivity index is 2.22. The molecule has 1 aliphatic heterocycles. The zero-order valence-corrected chi connectivity index (χ0v) is 7.60. The number of hydrogen-bond donors (Lipinski definition) is 2. The van der Waals surface area contributed by atoms with Crippen LogP contribution in [0.2, 0.25) is 0 Å². The molecule has 14 heavy (non-hydrogen) atoms. The second-order valence-electron chi connectivity index (χ2n) is 3.06. The third-order valence-corrected chi connectivity index (χ3v) is 2.11. The maximum atomic E-state index is 10.8. The number of hydrogen-bond acceptors (Lipinski definition) is 2. The van der Waals surface area contributed by atoms with Gasteiger partial charge in [0.05, 0.1) is 0 Å².